The Labute approximate surface area is 404 Å². The summed E-state index contributed by atoms with van der Waals surface area (Å²) in [5, 5.41) is 63.3. The largest absolute Gasteiger partial charge is 1.00 e. The van der Waals surface area contributed by atoms with E-state index >= 15 is 0 Å². The predicted octanol–water partition coefficient (Wildman–Crippen LogP) is 0.595. The van der Waals surface area contributed by atoms with Crippen molar-refractivity contribution in [3.05, 3.63) is 132 Å². The Balaban J connectivity index is 0.000000320. The summed E-state index contributed by atoms with van der Waals surface area (Å²) in [6.07, 6.45) is 0.899. The molecule has 0 fully saturated rings. The molecule has 0 aliphatic heterocycles. The number of hydrogen-bond donors (Lipinski definition) is 4. The molecular weight excluding hydrogens is 817 g/mol. The van der Waals surface area contributed by atoms with Crippen LogP contribution in [0.3, 0.4) is 0 Å². The van der Waals surface area contributed by atoms with Crippen LogP contribution in [0.1, 0.15) is 76.8 Å². The van der Waals surface area contributed by atoms with E-state index in [0.717, 1.165) is 55.4 Å². The third-order valence-electron chi connectivity index (χ3n) is 9.98. The molecule has 0 saturated heterocycles. The molecule has 0 unspecified atom stereocenters. The van der Waals surface area contributed by atoms with Crippen LogP contribution >= 0.6 is 0 Å². The second-order valence-corrected chi connectivity index (χ2v) is 15.3. The van der Waals surface area contributed by atoms with Crippen LogP contribution in [-0.4, -0.2) is 65.9 Å². The zero-order valence-corrected chi connectivity index (χ0v) is 39.9. The third kappa shape index (κ3) is 13.5. The molecular formula is C48H50F2N2Na2O8. The van der Waals surface area contributed by atoms with Gasteiger partial charge >= 0.3 is 59.1 Å². The van der Waals surface area contributed by atoms with Crippen molar-refractivity contribution in [2.24, 2.45) is 0 Å². The quantitative estimate of drug-likeness (QED) is 0.103. The molecule has 0 radical (unpaired) electrons. The Morgan fingerprint density at radius 1 is 0.565 bits per heavy atom. The molecule has 6 rings (SSSR count). The van der Waals surface area contributed by atoms with E-state index in [9.17, 15) is 49.0 Å². The first-order valence-corrected chi connectivity index (χ1v) is 19.8. The number of aliphatic hydroxyl groups excluding tert-OH is 4. The van der Waals surface area contributed by atoms with Crippen molar-refractivity contribution < 1.29 is 108 Å². The fraction of sp³-hybridized carbons (Fsp3) is 0.292. The first-order chi connectivity index (χ1) is 28.5. The van der Waals surface area contributed by atoms with Crippen molar-refractivity contribution in [3.8, 4) is 22.3 Å². The third-order valence-corrected chi connectivity index (χ3v) is 9.98. The molecule has 14 heteroatoms. The van der Waals surface area contributed by atoms with Gasteiger partial charge in [0, 0.05) is 94.0 Å². The van der Waals surface area contributed by atoms with Gasteiger partial charge < -0.3 is 49.4 Å². The molecule has 0 bridgehead atoms. The summed E-state index contributed by atoms with van der Waals surface area (Å²) >= 11 is 0. The van der Waals surface area contributed by atoms with Crippen molar-refractivity contribution in [1.29, 1.82) is 0 Å². The molecule has 62 heavy (non-hydrogen) atoms. The molecule has 2 heterocycles. The molecule has 0 aliphatic carbocycles. The van der Waals surface area contributed by atoms with Gasteiger partial charge in [-0.1, -0.05) is 72.8 Å². The zero-order valence-electron chi connectivity index (χ0n) is 35.9. The summed E-state index contributed by atoms with van der Waals surface area (Å²) in [4.78, 5) is 21.2. The number of aromatic nitrogens is 2. The topological polar surface area (TPSA) is 171 Å². The van der Waals surface area contributed by atoms with Gasteiger partial charge in [0.25, 0.3) is 0 Å². The van der Waals surface area contributed by atoms with Crippen LogP contribution in [0.4, 0.5) is 8.78 Å². The van der Waals surface area contributed by atoms with Crippen molar-refractivity contribution in [1.82, 2.24) is 9.13 Å². The maximum absolute atomic E-state index is 13.5. The van der Waals surface area contributed by atoms with E-state index in [1.165, 1.54) is 24.3 Å². The molecule has 0 aliphatic rings. The summed E-state index contributed by atoms with van der Waals surface area (Å²) in [6, 6.07) is 28.6. The van der Waals surface area contributed by atoms with Crippen LogP contribution in [-0.2, 0) is 9.59 Å². The van der Waals surface area contributed by atoms with E-state index in [4.69, 9.17) is 0 Å². The number of aliphatic hydroxyl groups is 4. The normalized spacial score (nSPS) is 13.5. The Kier molecular flexibility index (Phi) is 20.5. The van der Waals surface area contributed by atoms with E-state index in [1.807, 2.05) is 48.5 Å². The molecule has 4 N–H and O–H groups in total. The molecule has 0 spiro atoms. The summed E-state index contributed by atoms with van der Waals surface area (Å²) in [7, 11) is 0. The van der Waals surface area contributed by atoms with Gasteiger partial charge in [-0.25, -0.2) is 8.78 Å². The fourth-order valence-electron chi connectivity index (χ4n) is 7.52. The number of carbonyl (C=O) groups excluding carboxylic acids is 2. The van der Waals surface area contributed by atoms with E-state index < -0.39 is 49.2 Å². The van der Waals surface area contributed by atoms with Crippen LogP contribution < -0.4 is 69.3 Å². The van der Waals surface area contributed by atoms with Crippen LogP contribution in [0.15, 0.2) is 109 Å². The van der Waals surface area contributed by atoms with Crippen molar-refractivity contribution >= 4 is 45.9 Å². The predicted molar refractivity (Wildman–Crippen MR) is 226 cm³/mol. The number of nitrogens with zero attached hydrogens (tertiary/aromatic N) is 2. The number of fused-ring (bicyclic) bond motifs is 2. The number of halogens is 2. The van der Waals surface area contributed by atoms with Crippen LogP contribution in [0.2, 0.25) is 0 Å². The smallest absolute Gasteiger partial charge is 0.550 e. The summed E-state index contributed by atoms with van der Waals surface area (Å²) in [6.45, 7) is 8.22. The van der Waals surface area contributed by atoms with Crippen LogP contribution in [0.25, 0.3) is 56.2 Å². The number of carboxylic acid groups (broad SMARTS) is 2. The van der Waals surface area contributed by atoms with E-state index in [0.29, 0.717) is 0 Å². The van der Waals surface area contributed by atoms with Gasteiger partial charge in [-0.2, -0.15) is 0 Å². The molecule has 0 amide bonds. The number of para-hydroxylation sites is 2. The van der Waals surface area contributed by atoms with Gasteiger partial charge in [-0.15, -0.1) is 0 Å². The summed E-state index contributed by atoms with van der Waals surface area (Å²) < 4.78 is 31.3. The fourth-order valence-corrected chi connectivity index (χ4v) is 7.52. The molecule has 4 atom stereocenters. The van der Waals surface area contributed by atoms with Gasteiger partial charge in [-0.3, -0.25) is 0 Å². The number of hydrogen-bond acceptors (Lipinski definition) is 8. The van der Waals surface area contributed by atoms with Gasteiger partial charge in [0.15, 0.2) is 0 Å². The Bertz CT molecular complexity index is 2290. The number of aliphatic carboxylic acids is 2. The first kappa shape index (κ1) is 52.4. The minimum Gasteiger partial charge on any atom is -0.550 e. The molecule has 2 aromatic heterocycles. The number of rotatable bonds is 16. The number of carboxylic acids is 2. The van der Waals surface area contributed by atoms with Gasteiger partial charge in [0.2, 0.25) is 0 Å². The number of carbonyl (C=O) groups is 2. The van der Waals surface area contributed by atoms with Crippen molar-refractivity contribution in [2.45, 2.75) is 89.9 Å². The Morgan fingerprint density at radius 2 is 0.887 bits per heavy atom. The second kappa shape index (κ2) is 24.2. The Hall–Kier alpha value is -3.92. The molecule has 316 valence electrons. The number of benzene rings is 4. The minimum atomic E-state index is -1.36. The first-order valence-electron chi connectivity index (χ1n) is 19.8. The average Bonchev–Trinajstić information content (AvgIpc) is 3.69. The standard InChI is InChI=1S/2C24H26FNO4.2Na/c2*1-15(2)26-21-6-4-3-5-20(21)24(16-7-9-17(25)10-8-16)22(26)12-11-18(27)13-19(28)14-23(29)30;;/h2*3-12,15,18-19,27-28H,13-14H2,1-2H3,(H,29,30);;/q;;2*+1/p-2/b2*12-11+;;/t2*18-,19+;;/m10../s1. The maximum atomic E-state index is 13.5. The second-order valence-electron chi connectivity index (χ2n) is 15.3. The molecule has 10 nitrogen and oxygen atoms in total. The zero-order chi connectivity index (χ0) is 43.7. The van der Waals surface area contributed by atoms with Crippen LogP contribution in [0.5, 0.6) is 0 Å². The average molecular weight is 867 g/mol. The van der Waals surface area contributed by atoms with Gasteiger partial charge in [0.05, 0.1) is 24.4 Å². The molecule has 4 aromatic carbocycles. The SMILES string of the molecule is CC(C)n1c(/C=C/[C@@H](O)C[C@H](O)CC(=O)[O-])c(-c2ccc(F)cc2)c2ccccc21.CC(C)n1c(/C=C/[C@H](O)C[C@@H](O)CC(=O)[O-])c(-c2ccc(F)cc2)c2ccccc21.[Na+].[Na+]. The summed E-state index contributed by atoms with van der Waals surface area (Å²) in [5.74, 6) is -3.36. The van der Waals surface area contributed by atoms with E-state index in [2.05, 4.69) is 36.8 Å². The monoisotopic (exact) mass is 866 g/mol. The van der Waals surface area contributed by atoms with E-state index in [1.54, 1.807) is 48.6 Å². The van der Waals surface area contributed by atoms with Gasteiger partial charge in [0.1, 0.15) is 11.6 Å². The molecule has 0 saturated carbocycles. The van der Waals surface area contributed by atoms with Crippen LogP contribution in [0, 0.1) is 11.6 Å². The van der Waals surface area contributed by atoms with Crippen molar-refractivity contribution in [3.63, 3.8) is 0 Å². The van der Waals surface area contributed by atoms with E-state index in [-0.39, 0.29) is 95.7 Å². The Morgan fingerprint density at radius 3 is 1.19 bits per heavy atom. The van der Waals surface area contributed by atoms with Gasteiger partial charge in [-0.05, 0) is 87.4 Å². The van der Waals surface area contributed by atoms with Crippen molar-refractivity contribution in [2.75, 3.05) is 0 Å². The molecule has 6 aromatic rings. The maximum Gasteiger partial charge on any atom is 1.00 e. The summed E-state index contributed by atoms with van der Waals surface area (Å²) in [5.41, 5.74) is 7.22. The minimum absolute atomic E-state index is 0.